The Labute approximate surface area is 175 Å². The summed E-state index contributed by atoms with van der Waals surface area (Å²) in [6.45, 7) is 2.72. The highest BCUT2D eigenvalue weighted by Crippen LogP contribution is 2.47. The van der Waals surface area contributed by atoms with Crippen LogP contribution in [-0.4, -0.2) is 11.6 Å². The Morgan fingerprint density at radius 2 is 1.43 bits per heavy atom. The summed E-state index contributed by atoms with van der Waals surface area (Å²) in [7, 11) is 0. The zero-order chi connectivity index (χ0) is 20.6. The second kappa shape index (κ2) is 7.30. The van der Waals surface area contributed by atoms with Crippen LogP contribution in [0.3, 0.4) is 0 Å². The third kappa shape index (κ3) is 3.30. The first kappa shape index (κ1) is 18.4. The van der Waals surface area contributed by atoms with Gasteiger partial charge in [0.25, 0.3) is 6.47 Å². The van der Waals surface area contributed by atoms with E-state index in [0.29, 0.717) is 29.1 Å². The third-order valence-corrected chi connectivity index (χ3v) is 5.92. The van der Waals surface area contributed by atoms with Gasteiger partial charge in [0.1, 0.15) is 0 Å². The van der Waals surface area contributed by atoms with E-state index in [0.717, 1.165) is 16.7 Å². The molecule has 0 N–H and O–H groups in total. The molecular weight excluding hydrogens is 374 g/mol. The van der Waals surface area contributed by atoms with E-state index in [1.807, 2.05) is 54.6 Å². The van der Waals surface area contributed by atoms with Gasteiger partial charge in [-0.2, -0.15) is 0 Å². The molecule has 148 valence electrons. The van der Waals surface area contributed by atoms with Gasteiger partial charge in [-0.1, -0.05) is 90.9 Å². The summed E-state index contributed by atoms with van der Waals surface area (Å²) in [6.07, 6.45) is 2.54. The molecule has 0 saturated heterocycles. The molecule has 1 aliphatic carbocycles. The molecule has 1 aromatic heterocycles. The van der Waals surface area contributed by atoms with E-state index in [2.05, 4.69) is 36.3 Å². The first-order valence-corrected chi connectivity index (χ1v) is 10.0. The van der Waals surface area contributed by atoms with Crippen LogP contribution < -0.4 is 4.74 Å². The third-order valence-electron chi connectivity index (χ3n) is 5.92. The molecule has 5 rings (SSSR count). The van der Waals surface area contributed by atoms with Crippen LogP contribution in [0.2, 0.25) is 0 Å². The molecule has 4 heteroatoms. The van der Waals surface area contributed by atoms with Crippen molar-refractivity contribution in [2.45, 2.75) is 25.2 Å². The first-order chi connectivity index (χ1) is 14.7. The molecule has 1 heterocycles. The number of rotatable bonds is 6. The minimum absolute atomic E-state index is 0.325. The van der Waals surface area contributed by atoms with Gasteiger partial charge in [-0.05, 0) is 34.9 Å². The van der Waals surface area contributed by atoms with Gasteiger partial charge < -0.3 is 9.26 Å². The maximum absolute atomic E-state index is 11.1. The van der Waals surface area contributed by atoms with E-state index < -0.39 is 0 Å². The molecule has 0 aliphatic heterocycles. The van der Waals surface area contributed by atoms with Crippen LogP contribution >= 0.6 is 0 Å². The van der Waals surface area contributed by atoms with Crippen molar-refractivity contribution >= 4 is 6.47 Å². The number of nitrogens with zero attached hydrogens (tertiary/aromatic N) is 1. The van der Waals surface area contributed by atoms with Gasteiger partial charge in [0.05, 0.1) is 0 Å². The Morgan fingerprint density at radius 3 is 2.03 bits per heavy atom. The van der Waals surface area contributed by atoms with Gasteiger partial charge in [-0.25, -0.2) is 0 Å². The lowest BCUT2D eigenvalue weighted by atomic mass is 9.95. The summed E-state index contributed by atoms with van der Waals surface area (Å²) < 4.78 is 10.8. The monoisotopic (exact) mass is 395 g/mol. The van der Waals surface area contributed by atoms with Crippen LogP contribution in [-0.2, 0) is 10.2 Å². The summed E-state index contributed by atoms with van der Waals surface area (Å²) in [5, 5.41) is 4.14. The smallest absolute Gasteiger partial charge is 0.298 e. The average Bonchev–Trinajstić information content (AvgIpc) is 3.42. The highest BCUT2D eigenvalue weighted by Gasteiger charge is 2.38. The second-order valence-corrected chi connectivity index (χ2v) is 7.98. The minimum Gasteiger partial charge on any atom is -0.422 e. The summed E-state index contributed by atoms with van der Waals surface area (Å²) in [5.41, 5.74) is 6.20. The van der Waals surface area contributed by atoms with Crippen molar-refractivity contribution in [1.82, 2.24) is 5.16 Å². The Morgan fingerprint density at radius 1 is 0.833 bits per heavy atom. The number of benzene rings is 3. The molecule has 1 fully saturated rings. The van der Waals surface area contributed by atoms with Gasteiger partial charge in [0.15, 0.2) is 5.69 Å². The number of carbonyl (C=O) groups excluding carboxylic acids is 1. The molecular formula is C26H21NO3. The van der Waals surface area contributed by atoms with Crippen LogP contribution in [0.5, 0.6) is 5.75 Å². The molecule has 0 bridgehead atoms. The predicted molar refractivity (Wildman–Crippen MR) is 116 cm³/mol. The molecule has 4 aromatic rings. The Bertz CT molecular complexity index is 1170. The molecule has 0 amide bonds. The molecule has 30 heavy (non-hydrogen) atoms. The zero-order valence-corrected chi connectivity index (χ0v) is 16.7. The summed E-state index contributed by atoms with van der Waals surface area (Å²) in [6, 6.07) is 26.3. The SMILES string of the molecule is CC1(c2ccc(-c3ccc(-c4onc(-c5ccccc5)c4OC=O)cc3)cc2)CC1. The van der Waals surface area contributed by atoms with E-state index in [4.69, 9.17) is 9.26 Å². The highest BCUT2D eigenvalue weighted by molar-refractivity contribution is 5.79. The lowest BCUT2D eigenvalue weighted by Crippen LogP contribution is -1.98. The van der Waals surface area contributed by atoms with E-state index in [-0.39, 0.29) is 0 Å². The van der Waals surface area contributed by atoms with Crippen LogP contribution in [0.25, 0.3) is 33.7 Å². The van der Waals surface area contributed by atoms with Crippen molar-refractivity contribution in [2.75, 3.05) is 0 Å². The topological polar surface area (TPSA) is 52.3 Å². The largest absolute Gasteiger partial charge is 0.422 e. The molecule has 0 radical (unpaired) electrons. The van der Waals surface area contributed by atoms with Crippen molar-refractivity contribution in [3.05, 3.63) is 84.4 Å². The van der Waals surface area contributed by atoms with E-state index in [9.17, 15) is 4.79 Å². The molecule has 4 nitrogen and oxygen atoms in total. The van der Waals surface area contributed by atoms with Gasteiger partial charge in [0, 0.05) is 11.1 Å². The predicted octanol–water partition coefficient (Wildman–Crippen LogP) is 6.26. The highest BCUT2D eigenvalue weighted by atomic mass is 16.5. The Hall–Kier alpha value is -3.66. The summed E-state index contributed by atoms with van der Waals surface area (Å²) in [5.74, 6) is 0.760. The maximum atomic E-state index is 11.1. The normalized spacial score (nSPS) is 14.3. The van der Waals surface area contributed by atoms with Crippen LogP contribution in [0.1, 0.15) is 25.3 Å². The first-order valence-electron chi connectivity index (χ1n) is 10.0. The van der Waals surface area contributed by atoms with E-state index in [1.54, 1.807) is 0 Å². The van der Waals surface area contributed by atoms with Crippen molar-refractivity contribution in [2.24, 2.45) is 0 Å². The van der Waals surface area contributed by atoms with Gasteiger partial charge in [0.2, 0.25) is 11.5 Å². The fraction of sp³-hybridized carbons (Fsp3) is 0.154. The number of carbonyl (C=O) groups is 1. The van der Waals surface area contributed by atoms with Crippen molar-refractivity contribution in [1.29, 1.82) is 0 Å². The molecule has 0 unspecified atom stereocenters. The second-order valence-electron chi connectivity index (χ2n) is 7.98. The summed E-state index contributed by atoms with van der Waals surface area (Å²) >= 11 is 0. The van der Waals surface area contributed by atoms with Crippen molar-refractivity contribution in [3.63, 3.8) is 0 Å². The van der Waals surface area contributed by atoms with Crippen LogP contribution in [0.15, 0.2) is 83.4 Å². The van der Waals surface area contributed by atoms with Crippen molar-refractivity contribution in [3.8, 4) is 39.5 Å². The lowest BCUT2D eigenvalue weighted by Gasteiger charge is -2.10. The number of hydrogen-bond donors (Lipinski definition) is 0. The fourth-order valence-corrected chi connectivity index (χ4v) is 3.76. The Kier molecular flexibility index (Phi) is 4.47. The molecule has 1 saturated carbocycles. The number of ether oxygens (including phenoxy) is 1. The standard InChI is InChI=1S/C26H21NO3/c1-26(15-16-26)22-13-11-19(12-14-22)18-7-9-21(10-8-18)24-25(29-17-28)23(27-30-24)20-5-3-2-4-6-20/h2-14,17H,15-16H2,1H3. The molecule has 1 aliphatic rings. The Balaban J connectivity index is 1.45. The van der Waals surface area contributed by atoms with Gasteiger partial charge >= 0.3 is 0 Å². The molecule has 0 spiro atoms. The lowest BCUT2D eigenvalue weighted by molar-refractivity contribution is -0.120. The number of aromatic nitrogens is 1. The zero-order valence-electron chi connectivity index (χ0n) is 16.7. The maximum Gasteiger partial charge on any atom is 0.298 e. The summed E-state index contributed by atoms with van der Waals surface area (Å²) in [4.78, 5) is 11.1. The van der Waals surface area contributed by atoms with E-state index in [1.165, 1.54) is 24.0 Å². The number of hydrogen-bond acceptors (Lipinski definition) is 4. The molecule has 3 aromatic carbocycles. The molecule has 0 atom stereocenters. The van der Waals surface area contributed by atoms with Gasteiger partial charge in [-0.15, -0.1) is 0 Å². The fourth-order valence-electron chi connectivity index (χ4n) is 3.76. The minimum atomic E-state index is 0.325. The quantitative estimate of drug-likeness (QED) is 0.362. The van der Waals surface area contributed by atoms with Crippen LogP contribution in [0, 0.1) is 0 Å². The van der Waals surface area contributed by atoms with Crippen LogP contribution in [0.4, 0.5) is 0 Å². The average molecular weight is 395 g/mol. The van der Waals surface area contributed by atoms with Crippen molar-refractivity contribution < 1.29 is 14.1 Å². The van der Waals surface area contributed by atoms with Gasteiger partial charge in [-0.3, -0.25) is 4.79 Å². The van der Waals surface area contributed by atoms with E-state index >= 15 is 0 Å².